The number of aromatic carboxylic acids is 1. The largest absolute Gasteiger partial charge is 1.00 e. The minimum Gasteiger partial charge on any atom is -0.543 e. The third kappa shape index (κ3) is 5.44. The monoisotopic (exact) mass is 455 g/mol. The van der Waals surface area contributed by atoms with Crippen molar-refractivity contribution < 1.29 is 44.2 Å². The van der Waals surface area contributed by atoms with Gasteiger partial charge in [-0.3, -0.25) is 0 Å². The van der Waals surface area contributed by atoms with Crippen LogP contribution in [0.15, 0.2) is 54.6 Å². The van der Waals surface area contributed by atoms with Gasteiger partial charge in [-0.2, -0.15) is 0 Å². The molecule has 0 atom stereocenters. The van der Waals surface area contributed by atoms with Crippen molar-refractivity contribution in [3.8, 4) is 5.75 Å². The molecule has 1 heterocycles. The summed E-state index contributed by atoms with van der Waals surface area (Å²) in [6.07, 6.45) is 2.67. The van der Waals surface area contributed by atoms with E-state index in [1.807, 2.05) is 12.1 Å². The van der Waals surface area contributed by atoms with E-state index in [4.69, 9.17) is 16.3 Å². The zero-order valence-electron chi connectivity index (χ0n) is 18.6. The van der Waals surface area contributed by atoms with Gasteiger partial charge in [0.25, 0.3) is 0 Å². The van der Waals surface area contributed by atoms with E-state index in [1.54, 1.807) is 12.1 Å². The van der Waals surface area contributed by atoms with Crippen LogP contribution in [0.3, 0.4) is 0 Å². The Morgan fingerprint density at radius 2 is 1.69 bits per heavy atom. The van der Waals surface area contributed by atoms with Crippen molar-refractivity contribution in [3.63, 3.8) is 0 Å². The molecule has 0 aliphatic heterocycles. The van der Waals surface area contributed by atoms with Crippen LogP contribution in [0, 0.1) is 13.8 Å². The van der Waals surface area contributed by atoms with Gasteiger partial charge in [0, 0.05) is 5.56 Å². The fourth-order valence-electron chi connectivity index (χ4n) is 3.93. The van der Waals surface area contributed by atoms with Crippen molar-refractivity contribution >= 4 is 28.7 Å². The van der Waals surface area contributed by atoms with Crippen LogP contribution >= 0.6 is 11.6 Å². The molecule has 0 amide bonds. The second-order valence-electron chi connectivity index (χ2n) is 7.90. The van der Waals surface area contributed by atoms with Gasteiger partial charge < -0.3 is 14.6 Å². The normalized spacial score (nSPS) is 13.1. The van der Waals surface area contributed by atoms with Crippen LogP contribution in [0.2, 0.25) is 5.02 Å². The van der Waals surface area contributed by atoms with Gasteiger partial charge >= 0.3 is 29.6 Å². The summed E-state index contributed by atoms with van der Waals surface area (Å²) in [5.41, 5.74) is 7.07. The summed E-state index contributed by atoms with van der Waals surface area (Å²) in [5, 5.41) is 11.5. The molecule has 32 heavy (non-hydrogen) atoms. The fraction of sp³-hybridized carbons (Fsp3) is 0.231. The molecule has 0 saturated heterocycles. The summed E-state index contributed by atoms with van der Waals surface area (Å²) in [4.78, 5) is 15.7. The molecule has 0 radical (unpaired) electrons. The number of hydrogen-bond donors (Lipinski definition) is 0. The van der Waals surface area contributed by atoms with E-state index in [0.29, 0.717) is 12.3 Å². The van der Waals surface area contributed by atoms with Gasteiger partial charge in [-0.1, -0.05) is 53.1 Å². The van der Waals surface area contributed by atoms with E-state index in [1.165, 1.54) is 5.56 Å². The SMILES string of the molecule is Cc1ccc(COc2ccc(C)cc2C2=C(c3ccc(Cl)c(C(=O)[O-])n3)CCC2)cc1.[Na+]. The molecule has 1 aromatic heterocycles. The number of rotatable bonds is 6. The van der Waals surface area contributed by atoms with Gasteiger partial charge in [-0.15, -0.1) is 0 Å². The zero-order valence-corrected chi connectivity index (χ0v) is 21.3. The molecule has 0 saturated carbocycles. The van der Waals surface area contributed by atoms with Crippen LogP contribution in [-0.4, -0.2) is 11.0 Å². The molecule has 158 valence electrons. The van der Waals surface area contributed by atoms with Crippen LogP contribution in [-0.2, 0) is 6.61 Å². The van der Waals surface area contributed by atoms with Crippen LogP contribution < -0.4 is 39.4 Å². The number of carboxylic acid groups (broad SMARTS) is 1. The van der Waals surface area contributed by atoms with Gasteiger partial charge in [0.2, 0.25) is 0 Å². The molecule has 0 fully saturated rings. The Labute approximate surface area is 215 Å². The first-order valence-electron chi connectivity index (χ1n) is 10.3. The van der Waals surface area contributed by atoms with Crippen molar-refractivity contribution in [1.29, 1.82) is 0 Å². The fourth-order valence-corrected chi connectivity index (χ4v) is 4.11. The second-order valence-corrected chi connectivity index (χ2v) is 8.31. The summed E-state index contributed by atoms with van der Waals surface area (Å²) < 4.78 is 6.22. The van der Waals surface area contributed by atoms with Crippen molar-refractivity contribution in [3.05, 3.63) is 93.3 Å². The molecule has 0 spiro atoms. The summed E-state index contributed by atoms with van der Waals surface area (Å²) in [6, 6.07) is 17.8. The minimum absolute atomic E-state index is 0. The number of carboxylic acids is 1. The predicted molar refractivity (Wildman–Crippen MR) is 121 cm³/mol. The van der Waals surface area contributed by atoms with Gasteiger partial charge in [0.1, 0.15) is 18.1 Å². The smallest absolute Gasteiger partial charge is 0.543 e. The Kier molecular flexibility index (Phi) is 8.18. The molecule has 1 aliphatic rings. The summed E-state index contributed by atoms with van der Waals surface area (Å²) in [5.74, 6) is -0.556. The van der Waals surface area contributed by atoms with E-state index in [-0.39, 0.29) is 40.3 Å². The average molecular weight is 456 g/mol. The van der Waals surface area contributed by atoms with E-state index >= 15 is 0 Å². The first-order chi connectivity index (χ1) is 14.9. The zero-order chi connectivity index (χ0) is 22.0. The van der Waals surface area contributed by atoms with Crippen LogP contribution in [0.5, 0.6) is 5.75 Å². The number of benzene rings is 2. The number of aryl methyl sites for hydroxylation is 2. The second kappa shape index (κ2) is 10.7. The topological polar surface area (TPSA) is 62.2 Å². The Balaban J connectivity index is 0.00000289. The Bertz CT molecular complexity index is 1170. The number of carbonyl (C=O) groups is 1. The van der Waals surface area contributed by atoms with Crippen LogP contribution in [0.25, 0.3) is 11.1 Å². The molecular formula is C26H23ClNNaO3. The van der Waals surface area contributed by atoms with Gasteiger partial charge in [0.05, 0.1) is 16.7 Å². The number of allylic oxidation sites excluding steroid dienone is 2. The Morgan fingerprint density at radius 3 is 2.41 bits per heavy atom. The van der Waals surface area contributed by atoms with Gasteiger partial charge in [-0.05, 0) is 74.1 Å². The molecule has 2 aromatic carbocycles. The van der Waals surface area contributed by atoms with E-state index in [2.05, 4.69) is 49.2 Å². The molecule has 0 N–H and O–H groups in total. The predicted octanol–water partition coefficient (Wildman–Crippen LogP) is 2.39. The van der Waals surface area contributed by atoms with E-state index in [9.17, 15) is 9.90 Å². The third-order valence-corrected chi connectivity index (χ3v) is 5.85. The molecular weight excluding hydrogens is 433 g/mol. The minimum atomic E-state index is -1.37. The number of nitrogens with zero attached hydrogens (tertiary/aromatic N) is 1. The van der Waals surface area contributed by atoms with Crippen molar-refractivity contribution in [2.45, 2.75) is 39.7 Å². The molecule has 1 aliphatic carbocycles. The van der Waals surface area contributed by atoms with Crippen LogP contribution in [0.4, 0.5) is 0 Å². The van der Waals surface area contributed by atoms with Crippen molar-refractivity contribution in [2.75, 3.05) is 0 Å². The number of pyridine rings is 1. The molecule has 0 bridgehead atoms. The maximum Gasteiger partial charge on any atom is 1.00 e. The first-order valence-corrected chi connectivity index (χ1v) is 10.7. The van der Waals surface area contributed by atoms with Gasteiger partial charge in [-0.25, -0.2) is 4.98 Å². The van der Waals surface area contributed by atoms with E-state index in [0.717, 1.165) is 52.8 Å². The van der Waals surface area contributed by atoms with E-state index < -0.39 is 5.97 Å². The number of hydrogen-bond acceptors (Lipinski definition) is 4. The average Bonchev–Trinajstić information content (AvgIpc) is 3.24. The first kappa shape index (κ1) is 24.5. The van der Waals surface area contributed by atoms with Crippen molar-refractivity contribution in [1.82, 2.24) is 4.98 Å². The van der Waals surface area contributed by atoms with Crippen LogP contribution in [0.1, 0.15) is 57.7 Å². The number of ether oxygens (including phenoxy) is 1. The molecule has 3 aromatic rings. The van der Waals surface area contributed by atoms with Crippen molar-refractivity contribution in [2.24, 2.45) is 0 Å². The maximum absolute atomic E-state index is 11.4. The quantitative estimate of drug-likeness (QED) is 0.535. The number of aromatic nitrogens is 1. The molecule has 4 nitrogen and oxygen atoms in total. The number of halogens is 1. The molecule has 6 heteroatoms. The summed E-state index contributed by atoms with van der Waals surface area (Å²) >= 11 is 5.99. The number of carbonyl (C=O) groups excluding carboxylic acids is 1. The summed E-state index contributed by atoms with van der Waals surface area (Å²) in [6.45, 7) is 4.59. The summed E-state index contributed by atoms with van der Waals surface area (Å²) in [7, 11) is 0. The van der Waals surface area contributed by atoms with Gasteiger partial charge in [0.15, 0.2) is 0 Å². The standard InChI is InChI=1S/C26H24ClNO3.Na/c1-16-6-9-18(10-7-16)15-31-24-13-8-17(2)14-21(24)19-4-3-5-20(19)23-12-11-22(27)25(28-23)26(29)30;/h6-14H,3-5,15H2,1-2H3,(H,29,30);/q;+1/p-1. The molecule has 0 unspecified atom stereocenters. The maximum atomic E-state index is 11.4. The Morgan fingerprint density at radius 1 is 1.00 bits per heavy atom. The Hall–Kier alpha value is -2.11. The third-order valence-electron chi connectivity index (χ3n) is 5.54. The molecule has 4 rings (SSSR count).